The number of halogens is 1. The molecule has 0 amide bonds. The number of benzene rings is 1. The minimum atomic E-state index is -3.55. The van der Waals surface area contributed by atoms with Gasteiger partial charge >= 0.3 is 0 Å². The van der Waals surface area contributed by atoms with E-state index in [1.165, 1.54) is 6.07 Å². The first-order chi connectivity index (χ1) is 8.38. The smallest absolute Gasteiger partial charge is 0.242 e. The van der Waals surface area contributed by atoms with E-state index in [2.05, 4.69) is 10.0 Å². The lowest BCUT2D eigenvalue weighted by Gasteiger charge is -2.14. The summed E-state index contributed by atoms with van der Waals surface area (Å²) in [6, 6.07) is 5.05. The second kappa shape index (κ2) is 6.52. The largest absolute Gasteiger partial charge is 0.313 e. The van der Waals surface area contributed by atoms with Crippen LogP contribution in [0.3, 0.4) is 0 Å². The van der Waals surface area contributed by atoms with E-state index in [1.54, 1.807) is 19.1 Å². The highest BCUT2D eigenvalue weighted by Crippen LogP contribution is 2.24. The van der Waals surface area contributed by atoms with Gasteiger partial charge in [-0.25, -0.2) is 13.1 Å². The molecule has 0 bridgehead atoms. The van der Waals surface area contributed by atoms with Crippen LogP contribution in [0.25, 0.3) is 0 Å². The fourth-order valence-corrected chi connectivity index (χ4v) is 3.27. The molecule has 4 nitrogen and oxygen atoms in total. The van der Waals surface area contributed by atoms with Crippen molar-refractivity contribution in [2.75, 3.05) is 13.1 Å². The van der Waals surface area contributed by atoms with Gasteiger partial charge in [-0.2, -0.15) is 0 Å². The van der Waals surface area contributed by atoms with E-state index < -0.39 is 10.0 Å². The van der Waals surface area contributed by atoms with Crippen molar-refractivity contribution in [3.05, 3.63) is 28.8 Å². The number of nitrogens with one attached hydrogen (secondary N) is 2. The highest BCUT2D eigenvalue weighted by Gasteiger charge is 2.19. The summed E-state index contributed by atoms with van der Waals surface area (Å²) in [7, 11) is -3.55. The van der Waals surface area contributed by atoms with Gasteiger partial charge in [0.05, 0.1) is 5.02 Å². The number of sulfonamides is 1. The Morgan fingerprint density at radius 1 is 1.39 bits per heavy atom. The van der Waals surface area contributed by atoms with E-state index in [9.17, 15) is 8.42 Å². The van der Waals surface area contributed by atoms with Crippen molar-refractivity contribution in [1.29, 1.82) is 0 Å². The first-order valence-corrected chi connectivity index (χ1v) is 7.72. The van der Waals surface area contributed by atoms with Gasteiger partial charge in [-0.15, -0.1) is 0 Å². The van der Waals surface area contributed by atoms with Crippen LogP contribution in [0, 0.1) is 6.92 Å². The van der Waals surface area contributed by atoms with E-state index in [4.69, 9.17) is 11.6 Å². The molecular formula is C12H19ClN2O2S. The molecule has 1 aromatic carbocycles. The van der Waals surface area contributed by atoms with Crippen molar-refractivity contribution in [2.24, 2.45) is 0 Å². The van der Waals surface area contributed by atoms with Gasteiger partial charge in [0.15, 0.2) is 0 Å². The highest BCUT2D eigenvalue weighted by atomic mass is 35.5. The molecule has 0 unspecified atom stereocenters. The van der Waals surface area contributed by atoms with Crippen LogP contribution in [-0.2, 0) is 10.0 Å². The summed E-state index contributed by atoms with van der Waals surface area (Å²) in [6.45, 7) is 6.81. The quantitative estimate of drug-likeness (QED) is 0.842. The van der Waals surface area contributed by atoms with Gasteiger partial charge in [0, 0.05) is 12.6 Å². The molecule has 0 aliphatic heterocycles. The first-order valence-electron chi connectivity index (χ1n) is 5.86. The van der Waals surface area contributed by atoms with Crippen molar-refractivity contribution in [2.45, 2.75) is 31.7 Å². The van der Waals surface area contributed by atoms with Crippen molar-refractivity contribution >= 4 is 21.6 Å². The summed E-state index contributed by atoms with van der Waals surface area (Å²) >= 11 is 6.02. The molecule has 0 spiro atoms. The van der Waals surface area contributed by atoms with E-state index in [-0.39, 0.29) is 16.0 Å². The van der Waals surface area contributed by atoms with Crippen LogP contribution in [0.2, 0.25) is 5.02 Å². The maximum absolute atomic E-state index is 12.1. The van der Waals surface area contributed by atoms with E-state index in [0.29, 0.717) is 6.54 Å². The lowest BCUT2D eigenvalue weighted by molar-refractivity contribution is 0.536. The third kappa shape index (κ3) is 3.95. The van der Waals surface area contributed by atoms with Gasteiger partial charge in [-0.3, -0.25) is 0 Å². The topological polar surface area (TPSA) is 58.2 Å². The molecule has 0 heterocycles. The second-order valence-corrected chi connectivity index (χ2v) is 6.31. The third-order valence-electron chi connectivity index (χ3n) is 2.58. The predicted molar refractivity (Wildman–Crippen MR) is 74.5 cm³/mol. The Bertz CT molecular complexity index is 503. The molecule has 0 saturated heterocycles. The van der Waals surface area contributed by atoms with Crippen LogP contribution in [0.4, 0.5) is 0 Å². The Labute approximate surface area is 114 Å². The summed E-state index contributed by atoms with van der Waals surface area (Å²) in [5, 5.41) is 3.41. The zero-order valence-electron chi connectivity index (χ0n) is 10.8. The van der Waals surface area contributed by atoms with Crippen LogP contribution < -0.4 is 10.0 Å². The van der Waals surface area contributed by atoms with Crippen LogP contribution in [0.15, 0.2) is 23.1 Å². The molecule has 6 heteroatoms. The minimum absolute atomic E-state index is 0.0772. The number of hydrogen-bond donors (Lipinski definition) is 2. The second-order valence-electron chi connectivity index (χ2n) is 4.20. The fraction of sp³-hybridized carbons (Fsp3) is 0.500. The maximum Gasteiger partial charge on any atom is 0.242 e. The van der Waals surface area contributed by atoms with Gasteiger partial charge < -0.3 is 5.32 Å². The molecule has 1 aromatic rings. The third-order valence-corrected chi connectivity index (χ3v) is 4.66. The van der Waals surface area contributed by atoms with Gasteiger partial charge in [0.1, 0.15) is 4.90 Å². The van der Waals surface area contributed by atoms with Crippen LogP contribution in [0.1, 0.15) is 19.4 Å². The average molecular weight is 291 g/mol. The first kappa shape index (κ1) is 15.4. The normalized spacial score (nSPS) is 13.6. The molecule has 1 atom stereocenters. The van der Waals surface area contributed by atoms with Gasteiger partial charge in [0.2, 0.25) is 10.0 Å². The summed E-state index contributed by atoms with van der Waals surface area (Å²) in [5.41, 5.74) is 0.749. The SMILES string of the molecule is CCN[C@H](C)CNS(=O)(=O)c1cccc(C)c1Cl. The zero-order valence-corrected chi connectivity index (χ0v) is 12.4. The summed E-state index contributed by atoms with van der Waals surface area (Å²) in [4.78, 5) is 0.132. The van der Waals surface area contributed by atoms with Crippen LogP contribution in [0.5, 0.6) is 0 Å². The molecular weight excluding hydrogens is 272 g/mol. The van der Waals surface area contributed by atoms with E-state index >= 15 is 0 Å². The number of rotatable bonds is 6. The summed E-state index contributed by atoms with van der Waals surface area (Å²) < 4.78 is 26.7. The molecule has 0 fully saturated rings. The predicted octanol–water partition coefficient (Wildman–Crippen LogP) is 1.92. The Balaban J connectivity index is 2.84. The van der Waals surface area contributed by atoms with Crippen LogP contribution >= 0.6 is 11.6 Å². The van der Waals surface area contributed by atoms with Gasteiger partial charge in [-0.1, -0.05) is 30.7 Å². The molecule has 0 aliphatic carbocycles. The van der Waals surface area contributed by atoms with Crippen molar-refractivity contribution < 1.29 is 8.42 Å². The highest BCUT2D eigenvalue weighted by molar-refractivity contribution is 7.89. The zero-order chi connectivity index (χ0) is 13.8. The van der Waals surface area contributed by atoms with Crippen molar-refractivity contribution in [3.63, 3.8) is 0 Å². The molecule has 102 valence electrons. The van der Waals surface area contributed by atoms with Crippen molar-refractivity contribution in [3.8, 4) is 0 Å². The lowest BCUT2D eigenvalue weighted by Crippen LogP contribution is -2.38. The van der Waals surface area contributed by atoms with Crippen LogP contribution in [-0.4, -0.2) is 27.5 Å². The summed E-state index contributed by atoms with van der Waals surface area (Å²) in [5.74, 6) is 0. The monoisotopic (exact) mass is 290 g/mol. The molecule has 18 heavy (non-hydrogen) atoms. The molecule has 0 radical (unpaired) electrons. The van der Waals surface area contributed by atoms with Crippen molar-refractivity contribution in [1.82, 2.24) is 10.0 Å². The van der Waals surface area contributed by atoms with E-state index in [1.807, 2.05) is 13.8 Å². The summed E-state index contributed by atoms with van der Waals surface area (Å²) in [6.07, 6.45) is 0. The Morgan fingerprint density at radius 3 is 2.67 bits per heavy atom. The Morgan fingerprint density at radius 2 is 2.06 bits per heavy atom. The molecule has 0 aliphatic rings. The molecule has 0 aromatic heterocycles. The van der Waals surface area contributed by atoms with E-state index in [0.717, 1.165) is 12.1 Å². The molecule has 1 rings (SSSR count). The molecule has 0 saturated carbocycles. The van der Waals surface area contributed by atoms with Gasteiger partial charge in [-0.05, 0) is 32.0 Å². The lowest BCUT2D eigenvalue weighted by atomic mass is 10.2. The Kier molecular flexibility index (Phi) is 5.59. The number of aryl methyl sites for hydroxylation is 1. The molecule has 2 N–H and O–H groups in total. The standard InChI is InChI=1S/C12H19ClN2O2S/c1-4-14-10(3)8-15-18(16,17)11-7-5-6-9(2)12(11)13/h5-7,10,14-15H,4,8H2,1-3H3/t10-/m1/s1. The fourth-order valence-electron chi connectivity index (χ4n) is 1.56. The maximum atomic E-state index is 12.1. The number of likely N-dealkylation sites (N-methyl/N-ethyl adjacent to an activating group) is 1. The number of hydrogen-bond acceptors (Lipinski definition) is 3. The Hall–Kier alpha value is -0.620. The average Bonchev–Trinajstić information content (AvgIpc) is 2.30. The van der Waals surface area contributed by atoms with Gasteiger partial charge in [0.25, 0.3) is 0 Å². The minimum Gasteiger partial charge on any atom is -0.313 e.